The minimum Gasteiger partial charge on any atom is -0.465 e. The maximum absolute atomic E-state index is 13.3. The lowest BCUT2D eigenvalue weighted by Crippen LogP contribution is -2.56. The van der Waals surface area contributed by atoms with E-state index in [1.165, 1.54) is 17.0 Å². The number of aryl methyl sites for hydroxylation is 1. The molecule has 2 aromatic rings. The average molecular weight is 481 g/mol. The number of halogens is 3. The number of nitrogens with one attached hydrogen (secondary N) is 2. The van der Waals surface area contributed by atoms with Crippen LogP contribution in [0, 0.1) is 22.7 Å². The Morgan fingerprint density at radius 2 is 2.00 bits per heavy atom. The molecule has 12 heteroatoms. The SMILES string of the molecule is C[n+]1cc(OCC(F)(F)F)nc2c(C(=O)NC(C(=O)N3CCC(C#N)CC3)C(C)(C)C)c[nH]c21. The molecule has 1 aliphatic heterocycles. The minimum absolute atomic E-state index is 0.0771. The molecule has 3 rings (SSSR count). The molecule has 2 N–H and O–H groups in total. The van der Waals surface area contributed by atoms with Crippen molar-refractivity contribution in [3.8, 4) is 11.9 Å². The smallest absolute Gasteiger partial charge is 0.422 e. The maximum Gasteiger partial charge on any atom is 0.422 e. The number of aromatic nitrogens is 3. The van der Waals surface area contributed by atoms with E-state index in [1.807, 2.05) is 20.8 Å². The Labute approximate surface area is 194 Å². The Hall–Kier alpha value is -3.36. The van der Waals surface area contributed by atoms with Gasteiger partial charge in [0.25, 0.3) is 11.8 Å². The van der Waals surface area contributed by atoms with Crippen LogP contribution < -0.4 is 14.6 Å². The Kier molecular flexibility index (Phi) is 7.05. The van der Waals surface area contributed by atoms with Gasteiger partial charge in [-0.15, -0.1) is 0 Å². The average Bonchev–Trinajstić information content (AvgIpc) is 3.19. The van der Waals surface area contributed by atoms with Gasteiger partial charge >= 0.3 is 11.8 Å². The molecular formula is C22H28F3N6O3+. The van der Waals surface area contributed by atoms with Gasteiger partial charge in [0, 0.05) is 19.0 Å². The zero-order valence-corrected chi connectivity index (χ0v) is 19.5. The molecule has 9 nitrogen and oxygen atoms in total. The van der Waals surface area contributed by atoms with Crippen LogP contribution in [0.25, 0.3) is 11.2 Å². The van der Waals surface area contributed by atoms with Crippen LogP contribution in [0.3, 0.4) is 0 Å². The van der Waals surface area contributed by atoms with E-state index < -0.39 is 30.1 Å². The third-order valence-electron chi connectivity index (χ3n) is 5.72. The number of fused-ring (bicyclic) bond motifs is 1. The Morgan fingerprint density at radius 3 is 2.56 bits per heavy atom. The molecule has 0 aliphatic carbocycles. The summed E-state index contributed by atoms with van der Waals surface area (Å²) in [5.41, 5.74) is -0.0195. The van der Waals surface area contributed by atoms with E-state index in [1.54, 1.807) is 11.9 Å². The summed E-state index contributed by atoms with van der Waals surface area (Å²) in [6.45, 7) is 4.84. The lowest BCUT2D eigenvalue weighted by atomic mass is 9.85. The molecule has 184 valence electrons. The van der Waals surface area contributed by atoms with Crippen LogP contribution >= 0.6 is 0 Å². The second kappa shape index (κ2) is 9.48. The number of amides is 2. The fraction of sp³-hybridized carbons (Fsp3) is 0.591. The molecule has 1 saturated heterocycles. The summed E-state index contributed by atoms with van der Waals surface area (Å²) in [5.74, 6) is -1.21. The van der Waals surface area contributed by atoms with Crippen LogP contribution in [0.5, 0.6) is 5.88 Å². The predicted octanol–water partition coefficient (Wildman–Crippen LogP) is 2.24. The van der Waals surface area contributed by atoms with Crippen LogP contribution in [0.1, 0.15) is 44.0 Å². The first-order valence-electron chi connectivity index (χ1n) is 10.9. The molecule has 1 atom stereocenters. The molecule has 34 heavy (non-hydrogen) atoms. The number of nitriles is 1. The van der Waals surface area contributed by atoms with E-state index in [9.17, 15) is 22.8 Å². The number of carbonyl (C=O) groups is 2. The van der Waals surface area contributed by atoms with Crippen molar-refractivity contribution >= 4 is 23.0 Å². The van der Waals surface area contributed by atoms with Crippen LogP contribution in [0.15, 0.2) is 12.4 Å². The molecule has 0 radical (unpaired) electrons. The van der Waals surface area contributed by atoms with Crippen molar-refractivity contribution in [1.29, 1.82) is 5.26 Å². The zero-order chi connectivity index (χ0) is 25.3. The molecule has 2 aromatic heterocycles. The molecule has 1 unspecified atom stereocenters. The summed E-state index contributed by atoms with van der Waals surface area (Å²) >= 11 is 0. The van der Waals surface area contributed by atoms with E-state index in [2.05, 4.69) is 21.4 Å². The molecule has 1 aliphatic rings. The number of rotatable bonds is 5. The number of nitrogens with zero attached hydrogens (tertiary/aromatic N) is 4. The molecule has 2 amide bonds. The molecular weight excluding hydrogens is 453 g/mol. The maximum atomic E-state index is 13.3. The van der Waals surface area contributed by atoms with Crippen LogP contribution in [-0.4, -0.2) is 58.6 Å². The monoisotopic (exact) mass is 481 g/mol. The van der Waals surface area contributed by atoms with E-state index in [4.69, 9.17) is 10.00 Å². The molecule has 1 fully saturated rings. The van der Waals surface area contributed by atoms with Crippen molar-refractivity contribution in [1.82, 2.24) is 20.2 Å². The number of ether oxygens (including phenoxy) is 1. The van der Waals surface area contributed by atoms with E-state index >= 15 is 0 Å². The number of H-pyrrole nitrogens is 1. The van der Waals surface area contributed by atoms with Crippen molar-refractivity contribution in [2.24, 2.45) is 18.4 Å². The third kappa shape index (κ3) is 5.76. The summed E-state index contributed by atoms with van der Waals surface area (Å²) in [4.78, 5) is 35.1. The number of piperidine rings is 1. The minimum atomic E-state index is -4.53. The number of carbonyl (C=O) groups excluding carboxylic acids is 2. The topological polar surface area (TPSA) is 115 Å². The van der Waals surface area contributed by atoms with Gasteiger partial charge in [-0.1, -0.05) is 20.8 Å². The molecule has 0 saturated carbocycles. The predicted molar refractivity (Wildman–Crippen MR) is 114 cm³/mol. The summed E-state index contributed by atoms with van der Waals surface area (Å²) in [6.07, 6.45) is -0.704. The Bertz CT molecular complexity index is 1110. The van der Waals surface area contributed by atoms with Gasteiger partial charge in [0.15, 0.2) is 18.3 Å². The number of hydrogen-bond acceptors (Lipinski definition) is 5. The largest absolute Gasteiger partial charge is 0.465 e. The van der Waals surface area contributed by atoms with Crippen LogP contribution in [0.2, 0.25) is 0 Å². The highest BCUT2D eigenvalue weighted by atomic mass is 19.4. The lowest BCUT2D eigenvalue weighted by molar-refractivity contribution is -0.647. The van der Waals surface area contributed by atoms with Crippen molar-refractivity contribution in [3.05, 3.63) is 18.0 Å². The Balaban J connectivity index is 1.84. The van der Waals surface area contributed by atoms with Gasteiger partial charge in [-0.25, -0.2) is 14.5 Å². The quantitative estimate of drug-likeness (QED) is 0.636. The third-order valence-corrected chi connectivity index (χ3v) is 5.72. The highest BCUT2D eigenvalue weighted by Gasteiger charge is 2.38. The number of aromatic amines is 1. The number of alkyl halides is 3. The second-order valence-electron chi connectivity index (χ2n) is 9.49. The second-order valence-corrected chi connectivity index (χ2v) is 9.49. The van der Waals surface area contributed by atoms with E-state index in [-0.39, 0.29) is 28.8 Å². The first-order valence-corrected chi connectivity index (χ1v) is 10.9. The zero-order valence-electron chi connectivity index (χ0n) is 19.5. The highest BCUT2D eigenvalue weighted by molar-refractivity contribution is 6.05. The molecule has 0 bridgehead atoms. The summed E-state index contributed by atoms with van der Waals surface area (Å²) in [5, 5.41) is 11.9. The molecule has 0 aromatic carbocycles. The van der Waals surface area contributed by atoms with E-state index in [0.29, 0.717) is 31.6 Å². The standard InChI is InChI=1S/C22H27F3N6O3/c1-21(2,3)17(20(33)31-7-5-13(9-26)6-8-31)29-19(32)14-10-27-18-16(14)28-15(11-30(18)4)34-12-22(23,24)25/h10-11,13,17H,5-8,12H2,1-4H3,(H,29,32)/p+1. The lowest BCUT2D eigenvalue weighted by Gasteiger charge is -2.37. The fourth-order valence-corrected chi connectivity index (χ4v) is 3.82. The van der Waals surface area contributed by atoms with Gasteiger partial charge in [0.2, 0.25) is 5.91 Å². The highest BCUT2D eigenvalue weighted by Crippen LogP contribution is 2.25. The van der Waals surface area contributed by atoms with Gasteiger partial charge in [-0.3, -0.25) is 9.59 Å². The van der Waals surface area contributed by atoms with E-state index in [0.717, 1.165) is 0 Å². The van der Waals surface area contributed by atoms with Crippen LogP contribution in [-0.2, 0) is 11.8 Å². The normalized spacial score (nSPS) is 16.2. The van der Waals surface area contributed by atoms with Gasteiger partial charge in [-0.05, 0) is 18.3 Å². The van der Waals surface area contributed by atoms with Gasteiger partial charge in [-0.2, -0.15) is 18.4 Å². The van der Waals surface area contributed by atoms with Crippen molar-refractivity contribution in [2.75, 3.05) is 19.7 Å². The van der Waals surface area contributed by atoms with Crippen molar-refractivity contribution in [3.63, 3.8) is 0 Å². The van der Waals surface area contributed by atoms with Crippen molar-refractivity contribution in [2.45, 2.75) is 45.8 Å². The summed E-state index contributed by atoms with van der Waals surface area (Å²) in [7, 11) is 1.58. The summed E-state index contributed by atoms with van der Waals surface area (Å²) < 4.78 is 43.9. The molecule has 0 spiro atoms. The number of likely N-dealkylation sites (tertiary alicyclic amines) is 1. The fourth-order valence-electron chi connectivity index (χ4n) is 3.82. The Morgan fingerprint density at radius 1 is 1.35 bits per heavy atom. The first kappa shape index (κ1) is 25.3. The first-order chi connectivity index (χ1) is 15.8. The van der Waals surface area contributed by atoms with Crippen LogP contribution in [0.4, 0.5) is 13.2 Å². The van der Waals surface area contributed by atoms with Gasteiger partial charge in [0.1, 0.15) is 17.8 Å². The van der Waals surface area contributed by atoms with Crippen molar-refractivity contribution < 1.29 is 32.1 Å². The number of hydrogen-bond donors (Lipinski definition) is 2. The summed E-state index contributed by atoms with van der Waals surface area (Å²) in [6, 6.07) is 1.36. The van der Waals surface area contributed by atoms with Gasteiger partial charge < -0.3 is 15.0 Å². The van der Waals surface area contributed by atoms with Gasteiger partial charge in [0.05, 0.1) is 13.1 Å². The molecule has 3 heterocycles.